The van der Waals surface area contributed by atoms with Gasteiger partial charge >= 0.3 is 0 Å². The quantitative estimate of drug-likeness (QED) is 0.125. The summed E-state index contributed by atoms with van der Waals surface area (Å²) in [5.74, 6) is -0.490. The number of fused-ring (bicyclic) bond motifs is 3. The van der Waals surface area contributed by atoms with Gasteiger partial charge in [0.2, 0.25) is 5.91 Å². The number of hydrogen-bond donors (Lipinski definition) is 1. The fourth-order valence-electron chi connectivity index (χ4n) is 8.61. The van der Waals surface area contributed by atoms with Crippen molar-refractivity contribution >= 4 is 28.5 Å². The number of aryl methyl sites for hydroxylation is 1. The summed E-state index contributed by atoms with van der Waals surface area (Å²) in [6.07, 6.45) is 8.92. The Kier molecular flexibility index (Phi) is 11.2. The van der Waals surface area contributed by atoms with Crippen molar-refractivity contribution in [2.75, 3.05) is 6.54 Å². The molecule has 2 aliphatic heterocycles. The van der Waals surface area contributed by atoms with Crippen LogP contribution in [0.2, 0.25) is 0 Å². The Balaban J connectivity index is 1.12. The van der Waals surface area contributed by atoms with E-state index in [0.29, 0.717) is 30.8 Å². The van der Waals surface area contributed by atoms with Gasteiger partial charge in [0.15, 0.2) is 11.5 Å². The number of carbonyl (C=O) groups excluding carboxylic acids is 3. The number of rotatable bonds is 8. The third-order valence-corrected chi connectivity index (χ3v) is 11.8. The molecule has 0 spiro atoms. The molecule has 1 saturated carbocycles. The SMILES string of the molecule is Cc1ccc2c(O[C@@H]3C[C@H]4C(=O)C[C@]5(C(=O)NOc6ccccc6)C[C@H]5/C=C\CCCCC[C@H](Cc5cccc(F)c5)C(=O)N4C3)cc(-c3ccccc3)nc2c1. The van der Waals surface area contributed by atoms with E-state index in [0.717, 1.165) is 59.0 Å². The third kappa shape index (κ3) is 8.63. The second-order valence-electron chi connectivity index (χ2n) is 15.9. The molecule has 9 heteroatoms. The van der Waals surface area contributed by atoms with Gasteiger partial charge in [0.1, 0.15) is 17.7 Å². The van der Waals surface area contributed by atoms with Crippen LogP contribution in [0.25, 0.3) is 22.2 Å². The summed E-state index contributed by atoms with van der Waals surface area (Å²) in [5, 5.41) is 0.841. The van der Waals surface area contributed by atoms with E-state index in [2.05, 4.69) is 17.6 Å². The second kappa shape index (κ2) is 16.7. The van der Waals surface area contributed by atoms with Crippen molar-refractivity contribution in [1.82, 2.24) is 15.4 Å². The molecule has 3 heterocycles. The number of hydroxylamine groups is 1. The van der Waals surface area contributed by atoms with Gasteiger partial charge in [-0.15, -0.1) is 0 Å². The smallest absolute Gasteiger partial charge is 0.259 e. The topological polar surface area (TPSA) is 97.8 Å². The molecule has 0 unspecified atom stereocenters. The van der Waals surface area contributed by atoms with Crippen LogP contribution in [-0.4, -0.2) is 46.2 Å². The van der Waals surface area contributed by atoms with Crippen LogP contribution in [0, 0.1) is 30.0 Å². The van der Waals surface area contributed by atoms with Crippen LogP contribution in [0.1, 0.15) is 62.5 Å². The number of nitrogens with zero attached hydrogens (tertiary/aromatic N) is 2. The van der Waals surface area contributed by atoms with Crippen LogP contribution >= 0.6 is 0 Å². The minimum atomic E-state index is -0.999. The molecular weight excluding hydrogens is 718 g/mol. The van der Waals surface area contributed by atoms with Gasteiger partial charge in [-0.25, -0.2) is 9.37 Å². The Morgan fingerprint density at radius 3 is 2.54 bits per heavy atom. The molecule has 3 aliphatic rings. The molecule has 5 aromatic rings. The lowest BCUT2D eigenvalue weighted by Crippen LogP contribution is -2.46. The van der Waals surface area contributed by atoms with Crippen molar-refractivity contribution in [2.45, 2.75) is 76.9 Å². The maximum Gasteiger partial charge on any atom is 0.259 e. The molecule has 8 rings (SSSR count). The molecule has 2 fully saturated rings. The van der Waals surface area contributed by atoms with Gasteiger partial charge < -0.3 is 14.5 Å². The van der Waals surface area contributed by atoms with Gasteiger partial charge in [-0.2, -0.15) is 5.48 Å². The number of aromatic nitrogens is 1. The van der Waals surface area contributed by atoms with Crippen LogP contribution < -0.4 is 15.1 Å². The monoisotopic (exact) mass is 765 g/mol. The van der Waals surface area contributed by atoms with Gasteiger partial charge in [-0.1, -0.05) is 91.7 Å². The lowest BCUT2D eigenvalue weighted by Gasteiger charge is -2.29. The lowest BCUT2D eigenvalue weighted by molar-refractivity contribution is -0.143. The molecule has 292 valence electrons. The number of ether oxygens (including phenoxy) is 1. The van der Waals surface area contributed by atoms with E-state index in [1.54, 1.807) is 23.1 Å². The Bertz CT molecular complexity index is 2280. The summed E-state index contributed by atoms with van der Waals surface area (Å²) in [7, 11) is 0. The van der Waals surface area contributed by atoms with Crippen molar-refractivity contribution in [1.29, 1.82) is 0 Å². The van der Waals surface area contributed by atoms with E-state index >= 15 is 0 Å². The van der Waals surface area contributed by atoms with Crippen molar-refractivity contribution in [3.63, 3.8) is 0 Å². The third-order valence-electron chi connectivity index (χ3n) is 11.8. The number of Topliss-reactive ketones (excluding diaryl/α,β-unsaturated/α-hetero) is 1. The first-order chi connectivity index (χ1) is 27.8. The molecule has 1 aliphatic carbocycles. The van der Waals surface area contributed by atoms with E-state index < -0.39 is 23.5 Å². The van der Waals surface area contributed by atoms with Crippen LogP contribution in [0.5, 0.6) is 11.5 Å². The first-order valence-corrected chi connectivity index (χ1v) is 20.2. The fraction of sp³-hybridized carbons (Fsp3) is 0.333. The highest BCUT2D eigenvalue weighted by Crippen LogP contribution is 2.57. The Morgan fingerprint density at radius 2 is 1.74 bits per heavy atom. The maximum atomic E-state index is 14.9. The number of amides is 2. The standard InChI is InChI=1S/C48H48FN3O5/c1-32-22-23-40-42(24-32)50-41(34-15-8-5-9-16-34)28-45(40)56-39-27-43-44(53)30-48(47(55)51-57-38-20-11-6-12-21-38)29-36(48)18-10-4-2-3-7-17-35(46(54)52(43)31-39)25-33-14-13-19-37(49)26-33/h5-6,8-16,18-24,26,28,35-36,39,43H,2-4,7,17,25,27,29-31H2,1H3,(H,51,55)/b18-10-/t35-,36-,39-,43+,48-/m1/s1. The zero-order valence-electron chi connectivity index (χ0n) is 32.2. The van der Waals surface area contributed by atoms with Crippen LogP contribution in [0.15, 0.2) is 121 Å². The first-order valence-electron chi connectivity index (χ1n) is 20.2. The highest BCUT2D eigenvalue weighted by atomic mass is 19.1. The predicted molar refractivity (Wildman–Crippen MR) is 218 cm³/mol. The first kappa shape index (κ1) is 38.1. The minimum absolute atomic E-state index is 0.0443. The number of pyridine rings is 1. The Morgan fingerprint density at radius 1 is 0.930 bits per heavy atom. The van der Waals surface area contributed by atoms with Crippen LogP contribution in [0.4, 0.5) is 4.39 Å². The average Bonchev–Trinajstić information content (AvgIpc) is 3.75. The highest BCUT2D eigenvalue weighted by molar-refractivity contribution is 5.97. The van der Waals surface area contributed by atoms with Crippen molar-refractivity contribution < 1.29 is 28.3 Å². The van der Waals surface area contributed by atoms with Crippen molar-refractivity contribution in [3.05, 3.63) is 138 Å². The molecule has 2 amide bonds. The van der Waals surface area contributed by atoms with Gasteiger partial charge in [0.05, 0.1) is 29.2 Å². The van der Waals surface area contributed by atoms with E-state index in [4.69, 9.17) is 14.6 Å². The zero-order valence-corrected chi connectivity index (χ0v) is 32.2. The number of ketones is 1. The summed E-state index contributed by atoms with van der Waals surface area (Å²) in [6, 6.07) is 32.5. The van der Waals surface area contributed by atoms with E-state index in [1.807, 2.05) is 85.8 Å². The van der Waals surface area contributed by atoms with Gasteiger partial charge in [-0.05, 0) is 92.5 Å². The maximum absolute atomic E-state index is 14.9. The number of allylic oxidation sites excluding steroid dienone is 2. The normalized spacial score (nSPS) is 24.4. The van der Waals surface area contributed by atoms with Crippen LogP contribution in [-0.2, 0) is 20.8 Å². The molecule has 1 N–H and O–H groups in total. The lowest BCUT2D eigenvalue weighted by atomic mass is 9.90. The molecule has 5 atom stereocenters. The molecule has 8 nitrogen and oxygen atoms in total. The number of carbonyl (C=O) groups is 3. The number of halogens is 1. The van der Waals surface area contributed by atoms with E-state index in [1.165, 1.54) is 12.1 Å². The van der Waals surface area contributed by atoms with Gasteiger partial charge in [-0.3, -0.25) is 14.4 Å². The molecular formula is C48H48FN3O5. The summed E-state index contributed by atoms with van der Waals surface area (Å²) in [6.45, 7) is 2.22. The number of hydrogen-bond acceptors (Lipinski definition) is 6. The fourth-order valence-corrected chi connectivity index (χ4v) is 8.61. The number of para-hydroxylation sites is 1. The average molecular weight is 766 g/mol. The predicted octanol–water partition coefficient (Wildman–Crippen LogP) is 9.15. The number of nitrogens with one attached hydrogen (secondary N) is 1. The van der Waals surface area contributed by atoms with E-state index in [-0.39, 0.29) is 48.7 Å². The largest absolute Gasteiger partial charge is 0.488 e. The van der Waals surface area contributed by atoms with Crippen molar-refractivity contribution in [2.24, 2.45) is 17.3 Å². The highest BCUT2D eigenvalue weighted by Gasteiger charge is 2.61. The van der Waals surface area contributed by atoms with Gasteiger partial charge in [0, 0.05) is 35.8 Å². The summed E-state index contributed by atoms with van der Waals surface area (Å²) >= 11 is 0. The Labute approximate surface area is 333 Å². The molecule has 0 radical (unpaired) electrons. The second-order valence-corrected chi connectivity index (χ2v) is 15.9. The molecule has 1 aromatic heterocycles. The number of benzene rings is 4. The van der Waals surface area contributed by atoms with E-state index in [9.17, 15) is 18.8 Å². The molecule has 0 bridgehead atoms. The molecule has 1 saturated heterocycles. The summed E-state index contributed by atoms with van der Waals surface area (Å²) < 4.78 is 21.2. The Hall–Kier alpha value is -5.83. The summed E-state index contributed by atoms with van der Waals surface area (Å²) in [4.78, 5) is 55.9. The van der Waals surface area contributed by atoms with Gasteiger partial charge in [0.25, 0.3) is 5.91 Å². The summed E-state index contributed by atoms with van der Waals surface area (Å²) in [5.41, 5.74) is 5.95. The van der Waals surface area contributed by atoms with Crippen LogP contribution in [0.3, 0.4) is 0 Å². The molecule has 4 aromatic carbocycles. The molecule has 57 heavy (non-hydrogen) atoms. The minimum Gasteiger partial charge on any atom is -0.488 e. The zero-order chi connectivity index (χ0) is 39.4. The van der Waals surface area contributed by atoms with Crippen molar-refractivity contribution in [3.8, 4) is 22.8 Å².